The lowest BCUT2D eigenvalue weighted by Gasteiger charge is -2.09. The summed E-state index contributed by atoms with van der Waals surface area (Å²) in [7, 11) is -2.32. The summed E-state index contributed by atoms with van der Waals surface area (Å²) in [6, 6.07) is 13.3. The van der Waals surface area contributed by atoms with E-state index < -0.39 is 21.8 Å². The second-order valence-corrected chi connectivity index (χ2v) is 8.79. The number of nitrogens with one attached hydrogen (secondary N) is 2. The lowest BCUT2D eigenvalue weighted by Crippen LogP contribution is -2.18. The predicted molar refractivity (Wildman–Crippen MR) is 109 cm³/mol. The van der Waals surface area contributed by atoms with Crippen molar-refractivity contribution in [2.24, 2.45) is 0 Å². The maximum Gasteiger partial charge on any atom is 0.416 e. The summed E-state index contributed by atoms with van der Waals surface area (Å²) in [5, 5.41) is 0.660. The van der Waals surface area contributed by atoms with Crippen molar-refractivity contribution in [1.82, 2.24) is 14.3 Å². The van der Waals surface area contributed by atoms with Crippen LogP contribution >= 0.6 is 0 Å². The fourth-order valence-corrected chi connectivity index (χ4v) is 4.15. The van der Waals surface area contributed by atoms with E-state index in [0.29, 0.717) is 16.6 Å². The fraction of sp³-hybridized carbons (Fsp3) is 0.143. The van der Waals surface area contributed by atoms with Gasteiger partial charge in [-0.15, -0.1) is 0 Å². The number of benzene rings is 2. The second-order valence-electron chi connectivity index (χ2n) is 6.90. The molecule has 0 bridgehead atoms. The number of halogens is 3. The Kier molecular flexibility index (Phi) is 4.74. The average Bonchev–Trinajstić information content (AvgIpc) is 3.30. The van der Waals surface area contributed by atoms with Crippen molar-refractivity contribution in [2.75, 3.05) is 7.05 Å². The van der Waals surface area contributed by atoms with Crippen LogP contribution in [0.3, 0.4) is 0 Å². The van der Waals surface area contributed by atoms with Gasteiger partial charge in [0.05, 0.1) is 16.0 Å². The zero-order valence-corrected chi connectivity index (χ0v) is 16.9. The first kappa shape index (κ1) is 20.2. The SMILES string of the molecule is CNS(=O)(=O)c1ccc2c(c1)c(-c1ccc(C)[nH]1)cn2-c1ccc(C(F)(F)F)cc1. The molecule has 2 heterocycles. The number of nitrogens with zero attached hydrogens (tertiary/aromatic N) is 1. The number of hydrogen-bond acceptors (Lipinski definition) is 2. The minimum atomic E-state index is -4.42. The van der Waals surface area contributed by atoms with E-state index in [-0.39, 0.29) is 4.90 Å². The molecule has 4 aromatic rings. The monoisotopic (exact) mass is 433 g/mol. The third-order valence-corrected chi connectivity index (χ3v) is 6.36. The number of aromatic nitrogens is 2. The number of aryl methyl sites for hydroxylation is 1. The van der Waals surface area contributed by atoms with Crippen LogP contribution in [0.1, 0.15) is 11.3 Å². The molecule has 0 atom stereocenters. The van der Waals surface area contributed by atoms with Gasteiger partial charge in [-0.3, -0.25) is 0 Å². The van der Waals surface area contributed by atoms with Crippen LogP contribution in [0.2, 0.25) is 0 Å². The first-order valence-corrected chi connectivity index (χ1v) is 10.5. The van der Waals surface area contributed by atoms with Gasteiger partial charge in [0.2, 0.25) is 10.0 Å². The molecular formula is C21H18F3N3O2S. The van der Waals surface area contributed by atoms with E-state index >= 15 is 0 Å². The summed E-state index contributed by atoms with van der Waals surface area (Å²) in [6.45, 7) is 1.90. The van der Waals surface area contributed by atoms with Gasteiger partial charge < -0.3 is 9.55 Å². The Hall–Kier alpha value is -3.04. The molecule has 0 saturated carbocycles. The maximum atomic E-state index is 12.9. The molecule has 9 heteroatoms. The minimum absolute atomic E-state index is 0.104. The van der Waals surface area contributed by atoms with Crippen molar-refractivity contribution in [1.29, 1.82) is 0 Å². The molecule has 0 aliphatic carbocycles. The highest BCUT2D eigenvalue weighted by Crippen LogP contribution is 2.35. The largest absolute Gasteiger partial charge is 0.416 e. The highest BCUT2D eigenvalue weighted by atomic mass is 32.2. The molecule has 0 radical (unpaired) electrons. The number of hydrogen-bond donors (Lipinski definition) is 2. The van der Waals surface area contributed by atoms with Crippen LogP contribution in [-0.2, 0) is 16.2 Å². The molecular weight excluding hydrogens is 415 g/mol. The Balaban J connectivity index is 1.95. The molecule has 0 fully saturated rings. The van der Waals surface area contributed by atoms with Gasteiger partial charge in [-0.25, -0.2) is 13.1 Å². The standard InChI is InChI=1S/C21H18F3N3O2S/c1-13-3-9-19(26-13)18-12-27(15-6-4-14(5-7-15)21(22,23)24)20-10-8-16(11-17(18)20)30(28,29)25-2/h3-12,25-26H,1-2H3. The number of H-pyrrole nitrogens is 1. The molecule has 2 aromatic heterocycles. The van der Waals surface area contributed by atoms with Crippen LogP contribution in [0.4, 0.5) is 13.2 Å². The van der Waals surface area contributed by atoms with Crippen molar-refractivity contribution in [2.45, 2.75) is 18.0 Å². The van der Waals surface area contributed by atoms with Crippen molar-refractivity contribution >= 4 is 20.9 Å². The van der Waals surface area contributed by atoms with E-state index in [1.54, 1.807) is 22.9 Å². The highest BCUT2D eigenvalue weighted by Gasteiger charge is 2.30. The van der Waals surface area contributed by atoms with Gasteiger partial charge >= 0.3 is 6.18 Å². The topological polar surface area (TPSA) is 66.9 Å². The summed E-state index contributed by atoms with van der Waals surface area (Å²) in [5.74, 6) is 0. The van der Waals surface area contributed by atoms with E-state index in [0.717, 1.165) is 29.1 Å². The predicted octanol–water partition coefficient (Wildman–Crippen LogP) is 4.86. The Labute approximate surface area is 171 Å². The molecule has 0 aliphatic rings. The lowest BCUT2D eigenvalue weighted by molar-refractivity contribution is -0.137. The average molecular weight is 433 g/mol. The minimum Gasteiger partial charge on any atom is -0.359 e. The van der Waals surface area contributed by atoms with Gasteiger partial charge in [0.25, 0.3) is 0 Å². The molecule has 0 saturated heterocycles. The molecule has 0 amide bonds. The molecule has 2 N–H and O–H groups in total. The summed E-state index contributed by atoms with van der Waals surface area (Å²) < 4.78 is 67.3. The molecule has 0 spiro atoms. The molecule has 0 aliphatic heterocycles. The van der Waals surface area contributed by atoms with Crippen molar-refractivity contribution in [3.63, 3.8) is 0 Å². The number of alkyl halides is 3. The third-order valence-electron chi connectivity index (χ3n) is 4.95. The summed E-state index contributed by atoms with van der Waals surface area (Å²) in [4.78, 5) is 3.33. The first-order valence-electron chi connectivity index (χ1n) is 9.02. The smallest absolute Gasteiger partial charge is 0.359 e. The molecule has 30 heavy (non-hydrogen) atoms. The van der Waals surface area contributed by atoms with Gasteiger partial charge in [0.15, 0.2) is 0 Å². The van der Waals surface area contributed by atoms with Crippen LogP contribution in [0.25, 0.3) is 27.8 Å². The van der Waals surface area contributed by atoms with Crippen LogP contribution < -0.4 is 4.72 Å². The number of fused-ring (bicyclic) bond motifs is 1. The molecule has 2 aromatic carbocycles. The zero-order valence-electron chi connectivity index (χ0n) is 16.1. The van der Waals surface area contributed by atoms with E-state index in [1.807, 2.05) is 19.1 Å². The normalized spacial score (nSPS) is 12.6. The van der Waals surface area contributed by atoms with Crippen LogP contribution in [0, 0.1) is 6.92 Å². The summed E-state index contributed by atoms with van der Waals surface area (Å²) >= 11 is 0. The Bertz CT molecular complexity index is 1330. The van der Waals surface area contributed by atoms with Crippen LogP contribution in [0.15, 0.2) is 65.7 Å². The number of sulfonamides is 1. The van der Waals surface area contributed by atoms with E-state index in [1.165, 1.54) is 25.2 Å². The molecule has 4 rings (SSSR count). The fourth-order valence-electron chi connectivity index (χ4n) is 3.39. The van der Waals surface area contributed by atoms with E-state index in [4.69, 9.17) is 0 Å². The van der Waals surface area contributed by atoms with Crippen molar-refractivity contribution in [3.05, 3.63) is 72.1 Å². The van der Waals surface area contributed by atoms with Gasteiger partial charge in [0, 0.05) is 34.2 Å². The Morgan fingerprint density at radius 3 is 2.27 bits per heavy atom. The van der Waals surface area contributed by atoms with E-state index in [2.05, 4.69) is 9.71 Å². The van der Waals surface area contributed by atoms with Crippen LogP contribution in [0.5, 0.6) is 0 Å². The molecule has 156 valence electrons. The molecule has 5 nitrogen and oxygen atoms in total. The van der Waals surface area contributed by atoms with Gasteiger partial charge in [-0.05, 0) is 68.6 Å². The highest BCUT2D eigenvalue weighted by molar-refractivity contribution is 7.89. The maximum absolute atomic E-state index is 12.9. The zero-order chi connectivity index (χ0) is 21.7. The van der Waals surface area contributed by atoms with E-state index in [9.17, 15) is 21.6 Å². The van der Waals surface area contributed by atoms with Crippen LogP contribution in [-0.4, -0.2) is 25.0 Å². The molecule has 0 unspecified atom stereocenters. The second kappa shape index (κ2) is 7.03. The van der Waals surface area contributed by atoms with Gasteiger partial charge in [0.1, 0.15) is 0 Å². The number of aromatic amines is 1. The number of rotatable bonds is 4. The Morgan fingerprint density at radius 1 is 1.00 bits per heavy atom. The Morgan fingerprint density at radius 2 is 1.70 bits per heavy atom. The van der Waals surface area contributed by atoms with Crippen molar-refractivity contribution < 1.29 is 21.6 Å². The van der Waals surface area contributed by atoms with Gasteiger partial charge in [-0.1, -0.05) is 0 Å². The lowest BCUT2D eigenvalue weighted by atomic mass is 10.1. The summed E-state index contributed by atoms with van der Waals surface area (Å²) in [6.07, 6.45) is -2.63. The summed E-state index contributed by atoms with van der Waals surface area (Å²) in [5.41, 5.74) is 2.93. The third kappa shape index (κ3) is 3.50. The quantitative estimate of drug-likeness (QED) is 0.483. The van der Waals surface area contributed by atoms with Gasteiger partial charge in [-0.2, -0.15) is 13.2 Å². The first-order chi connectivity index (χ1) is 14.1. The van der Waals surface area contributed by atoms with Crippen molar-refractivity contribution in [3.8, 4) is 16.9 Å².